The van der Waals surface area contributed by atoms with Crippen LogP contribution in [-0.4, -0.2) is 23.5 Å². The van der Waals surface area contributed by atoms with Crippen molar-refractivity contribution in [1.29, 1.82) is 0 Å². The van der Waals surface area contributed by atoms with E-state index in [1.165, 1.54) is 5.75 Å². The van der Waals surface area contributed by atoms with Crippen LogP contribution in [0, 0.1) is 0 Å². The minimum absolute atomic E-state index is 0.130. The molecule has 0 spiro atoms. The molecule has 5 heteroatoms. The van der Waals surface area contributed by atoms with Crippen LogP contribution < -0.4 is 11.1 Å². The molecule has 1 aliphatic heterocycles. The van der Waals surface area contributed by atoms with E-state index in [2.05, 4.69) is 5.32 Å². The maximum Gasteiger partial charge on any atom is 0.253 e. The van der Waals surface area contributed by atoms with Gasteiger partial charge in [0.25, 0.3) is 5.91 Å². The fraction of sp³-hybridized carbons (Fsp3) is 0.417. The average Bonchev–Trinajstić information content (AvgIpc) is 2.34. The Kier molecular flexibility index (Phi) is 4.18. The number of nitrogen functional groups attached to an aromatic ring is 1. The highest BCUT2D eigenvalue weighted by atomic mass is 35.5. The van der Waals surface area contributed by atoms with Gasteiger partial charge in [0.15, 0.2) is 0 Å². The second kappa shape index (κ2) is 5.65. The van der Waals surface area contributed by atoms with Crippen molar-refractivity contribution in [3.05, 3.63) is 28.8 Å². The van der Waals surface area contributed by atoms with E-state index in [-0.39, 0.29) is 11.9 Å². The molecule has 3 N–H and O–H groups in total. The first-order valence-corrected chi connectivity index (χ1v) is 7.14. The number of nitrogens with one attached hydrogen (secondary N) is 1. The molecular weight excluding hydrogens is 256 g/mol. The van der Waals surface area contributed by atoms with Gasteiger partial charge < -0.3 is 11.1 Å². The summed E-state index contributed by atoms with van der Waals surface area (Å²) in [6.45, 7) is 0. The lowest BCUT2D eigenvalue weighted by molar-refractivity contribution is 0.0939. The number of nitrogens with two attached hydrogens (primary N) is 1. The quantitative estimate of drug-likeness (QED) is 0.812. The maximum atomic E-state index is 12.0. The zero-order valence-corrected chi connectivity index (χ0v) is 11.0. The van der Waals surface area contributed by atoms with Crippen LogP contribution in [0.25, 0.3) is 0 Å². The van der Waals surface area contributed by atoms with Crippen molar-refractivity contribution in [1.82, 2.24) is 5.32 Å². The summed E-state index contributed by atoms with van der Waals surface area (Å²) >= 11 is 7.89. The predicted molar refractivity (Wildman–Crippen MR) is 73.7 cm³/mol. The van der Waals surface area contributed by atoms with Gasteiger partial charge in [0.1, 0.15) is 0 Å². The second-order valence-electron chi connectivity index (χ2n) is 4.10. The smallest absolute Gasteiger partial charge is 0.253 e. The molecular formula is C12H15ClN2OS. The minimum atomic E-state index is -0.130. The summed E-state index contributed by atoms with van der Waals surface area (Å²) in [5, 5.41) is 3.34. The molecule has 92 valence electrons. The van der Waals surface area contributed by atoms with E-state index >= 15 is 0 Å². The van der Waals surface area contributed by atoms with Crippen LogP contribution in [-0.2, 0) is 0 Å². The van der Waals surface area contributed by atoms with E-state index in [1.54, 1.807) is 18.2 Å². The fourth-order valence-corrected chi connectivity index (χ4v) is 3.13. The topological polar surface area (TPSA) is 55.1 Å². The molecule has 17 heavy (non-hydrogen) atoms. The summed E-state index contributed by atoms with van der Waals surface area (Å²) < 4.78 is 0. The molecule has 0 aromatic heterocycles. The van der Waals surface area contributed by atoms with Gasteiger partial charge in [0.2, 0.25) is 0 Å². The Morgan fingerprint density at radius 2 is 2.35 bits per heavy atom. The largest absolute Gasteiger partial charge is 0.398 e. The van der Waals surface area contributed by atoms with E-state index in [9.17, 15) is 4.79 Å². The number of anilines is 1. The number of benzene rings is 1. The van der Waals surface area contributed by atoms with Gasteiger partial charge in [-0.3, -0.25) is 4.79 Å². The van der Waals surface area contributed by atoms with Crippen molar-refractivity contribution in [3.63, 3.8) is 0 Å². The second-order valence-corrected chi connectivity index (χ2v) is 5.62. The van der Waals surface area contributed by atoms with Crippen LogP contribution in [0.2, 0.25) is 5.02 Å². The van der Waals surface area contributed by atoms with Crippen molar-refractivity contribution >= 4 is 35.0 Å². The first kappa shape index (κ1) is 12.6. The van der Waals surface area contributed by atoms with E-state index in [4.69, 9.17) is 17.3 Å². The van der Waals surface area contributed by atoms with E-state index in [1.807, 2.05) is 11.8 Å². The van der Waals surface area contributed by atoms with Crippen LogP contribution in [0.1, 0.15) is 23.2 Å². The first-order chi connectivity index (χ1) is 8.18. The SMILES string of the molecule is Nc1cccc(C(=O)NC2CCCSC2)c1Cl. The van der Waals surface area contributed by atoms with Crippen molar-refractivity contribution in [2.45, 2.75) is 18.9 Å². The van der Waals surface area contributed by atoms with Crippen molar-refractivity contribution in [2.75, 3.05) is 17.2 Å². The minimum Gasteiger partial charge on any atom is -0.398 e. The lowest BCUT2D eigenvalue weighted by Crippen LogP contribution is -2.38. The molecule has 1 fully saturated rings. The summed E-state index contributed by atoms with van der Waals surface area (Å²) in [6.07, 6.45) is 2.19. The molecule has 1 unspecified atom stereocenters. The Bertz CT molecular complexity index is 419. The zero-order valence-electron chi connectivity index (χ0n) is 9.41. The fourth-order valence-electron chi connectivity index (χ4n) is 1.84. The van der Waals surface area contributed by atoms with Crippen molar-refractivity contribution < 1.29 is 4.79 Å². The standard InChI is InChI=1S/C12H15ClN2OS/c13-11-9(4-1-5-10(11)14)12(16)15-8-3-2-6-17-7-8/h1,4-5,8H,2-3,6-7,14H2,(H,15,16). The third kappa shape index (κ3) is 3.07. The molecule has 1 aliphatic rings. The Balaban J connectivity index is 2.06. The predicted octanol–water partition coefficient (Wildman–Crippen LogP) is 2.55. The third-order valence-corrected chi connectivity index (χ3v) is 4.41. The number of rotatable bonds is 2. The molecule has 3 nitrogen and oxygen atoms in total. The molecule has 1 aromatic rings. The average molecular weight is 271 g/mol. The molecule has 1 amide bonds. The molecule has 1 aromatic carbocycles. The van der Waals surface area contributed by atoms with Crippen molar-refractivity contribution in [2.24, 2.45) is 0 Å². The van der Waals surface area contributed by atoms with Gasteiger partial charge in [-0.25, -0.2) is 0 Å². The first-order valence-electron chi connectivity index (χ1n) is 5.61. The molecule has 1 heterocycles. The highest BCUT2D eigenvalue weighted by Gasteiger charge is 2.18. The van der Waals surface area contributed by atoms with Gasteiger partial charge >= 0.3 is 0 Å². The van der Waals surface area contributed by atoms with Crippen molar-refractivity contribution in [3.8, 4) is 0 Å². The molecule has 0 bridgehead atoms. The monoisotopic (exact) mass is 270 g/mol. The highest BCUT2D eigenvalue weighted by Crippen LogP contribution is 2.24. The maximum absolute atomic E-state index is 12.0. The Hall–Kier alpha value is -0.870. The number of hydrogen-bond donors (Lipinski definition) is 2. The lowest BCUT2D eigenvalue weighted by atomic mass is 10.1. The molecule has 1 saturated heterocycles. The number of halogens is 1. The molecule has 2 rings (SSSR count). The Labute approximate surface area is 110 Å². The lowest BCUT2D eigenvalue weighted by Gasteiger charge is -2.22. The van der Waals surface area contributed by atoms with Gasteiger partial charge in [-0.15, -0.1) is 0 Å². The number of thioether (sulfide) groups is 1. The Morgan fingerprint density at radius 1 is 1.53 bits per heavy atom. The molecule has 0 aliphatic carbocycles. The molecule has 0 radical (unpaired) electrons. The van der Waals surface area contributed by atoms with E-state index in [0.717, 1.165) is 18.6 Å². The molecule has 0 saturated carbocycles. The van der Waals surface area contributed by atoms with Gasteiger partial charge in [-0.1, -0.05) is 17.7 Å². The van der Waals surface area contributed by atoms with Crippen LogP contribution in [0.3, 0.4) is 0 Å². The summed E-state index contributed by atoms with van der Waals surface area (Å²) in [6, 6.07) is 5.38. The number of carbonyl (C=O) groups is 1. The normalized spacial score (nSPS) is 19.9. The number of carbonyl (C=O) groups excluding carboxylic acids is 1. The highest BCUT2D eigenvalue weighted by molar-refractivity contribution is 7.99. The van der Waals surface area contributed by atoms with Gasteiger partial charge in [0.05, 0.1) is 16.3 Å². The summed E-state index contributed by atoms with van der Waals surface area (Å²) in [5.41, 5.74) is 6.58. The molecule has 1 atom stereocenters. The summed E-state index contributed by atoms with van der Waals surface area (Å²) in [4.78, 5) is 12.0. The van der Waals surface area contributed by atoms with E-state index < -0.39 is 0 Å². The van der Waals surface area contributed by atoms with Gasteiger partial charge in [-0.2, -0.15) is 11.8 Å². The van der Waals surface area contributed by atoms with Gasteiger partial charge in [0, 0.05) is 11.8 Å². The zero-order chi connectivity index (χ0) is 12.3. The Morgan fingerprint density at radius 3 is 3.06 bits per heavy atom. The van der Waals surface area contributed by atoms with Gasteiger partial charge in [-0.05, 0) is 30.7 Å². The van der Waals surface area contributed by atoms with Crippen LogP contribution >= 0.6 is 23.4 Å². The van der Waals surface area contributed by atoms with Crippen LogP contribution in [0.15, 0.2) is 18.2 Å². The van der Waals surface area contributed by atoms with Crippen LogP contribution in [0.4, 0.5) is 5.69 Å². The van der Waals surface area contributed by atoms with Crippen LogP contribution in [0.5, 0.6) is 0 Å². The summed E-state index contributed by atoms with van der Waals surface area (Å²) in [5.74, 6) is 2.03. The number of amides is 1. The summed E-state index contributed by atoms with van der Waals surface area (Å²) in [7, 11) is 0. The van der Waals surface area contributed by atoms with E-state index in [0.29, 0.717) is 16.3 Å². The third-order valence-electron chi connectivity index (χ3n) is 2.77. The number of hydrogen-bond acceptors (Lipinski definition) is 3.